The maximum Gasteiger partial charge on any atom is 0.226 e. The third-order valence-electron chi connectivity index (χ3n) is 2.93. The van der Waals surface area contributed by atoms with Gasteiger partial charge in [0.05, 0.1) is 0 Å². The van der Waals surface area contributed by atoms with Gasteiger partial charge in [0, 0.05) is 34.8 Å². The highest BCUT2D eigenvalue weighted by Gasteiger charge is 2.33. The van der Waals surface area contributed by atoms with Gasteiger partial charge >= 0.3 is 0 Å². The van der Waals surface area contributed by atoms with Crippen LogP contribution in [0.25, 0.3) is 0 Å². The number of piperidine rings is 1. The van der Waals surface area contributed by atoms with E-state index in [0.717, 1.165) is 25.9 Å². The molecule has 0 spiro atoms. The fourth-order valence-electron chi connectivity index (χ4n) is 1.73. The summed E-state index contributed by atoms with van der Waals surface area (Å²) in [7, 11) is -0.828. The van der Waals surface area contributed by atoms with Crippen molar-refractivity contribution >= 4 is 16.7 Å². The average Bonchev–Trinajstić information content (AvgIpc) is 2.18. The Labute approximate surface area is 93.7 Å². The molecule has 0 aromatic heterocycles. The molecular formula is C10H20N2O2S. The lowest BCUT2D eigenvalue weighted by Crippen LogP contribution is -2.46. The molecule has 1 aliphatic heterocycles. The van der Waals surface area contributed by atoms with Gasteiger partial charge in [0.15, 0.2) is 0 Å². The molecule has 0 saturated carbocycles. The summed E-state index contributed by atoms with van der Waals surface area (Å²) in [4.78, 5) is 11.9. The molecule has 88 valence electrons. The van der Waals surface area contributed by atoms with Crippen molar-refractivity contribution in [3.05, 3.63) is 0 Å². The first kappa shape index (κ1) is 12.6. The van der Waals surface area contributed by atoms with Crippen molar-refractivity contribution in [1.82, 2.24) is 10.6 Å². The average molecular weight is 232 g/mol. The summed E-state index contributed by atoms with van der Waals surface area (Å²) in [5.41, 5.74) is -0.236. The second-order valence-electron chi connectivity index (χ2n) is 4.34. The highest BCUT2D eigenvalue weighted by molar-refractivity contribution is 7.84. The Morgan fingerprint density at radius 1 is 1.47 bits per heavy atom. The molecule has 0 aromatic carbocycles. The van der Waals surface area contributed by atoms with Crippen molar-refractivity contribution < 1.29 is 9.00 Å². The molecule has 2 N–H and O–H groups in total. The van der Waals surface area contributed by atoms with Crippen LogP contribution in [0, 0.1) is 5.41 Å². The maximum absolute atomic E-state index is 11.9. The molecule has 1 rings (SSSR count). The van der Waals surface area contributed by atoms with Crippen molar-refractivity contribution in [2.45, 2.75) is 19.8 Å². The number of carbonyl (C=O) groups excluding carboxylic acids is 1. The summed E-state index contributed by atoms with van der Waals surface area (Å²) in [6.07, 6.45) is 3.42. The van der Waals surface area contributed by atoms with Crippen molar-refractivity contribution in [2.24, 2.45) is 5.41 Å². The van der Waals surface area contributed by atoms with Crippen LogP contribution in [-0.4, -0.2) is 41.8 Å². The van der Waals surface area contributed by atoms with E-state index in [4.69, 9.17) is 0 Å². The quantitative estimate of drug-likeness (QED) is 0.710. The lowest BCUT2D eigenvalue weighted by atomic mass is 9.80. The molecular weight excluding hydrogens is 212 g/mol. The summed E-state index contributed by atoms with van der Waals surface area (Å²) in [5, 5.41) is 6.10. The minimum absolute atomic E-state index is 0.106. The lowest BCUT2D eigenvalue weighted by molar-refractivity contribution is -0.131. The van der Waals surface area contributed by atoms with E-state index in [2.05, 4.69) is 10.6 Å². The van der Waals surface area contributed by atoms with Gasteiger partial charge in [0.2, 0.25) is 5.91 Å². The van der Waals surface area contributed by atoms with E-state index in [1.165, 1.54) is 0 Å². The van der Waals surface area contributed by atoms with E-state index in [0.29, 0.717) is 12.3 Å². The van der Waals surface area contributed by atoms with Crippen LogP contribution in [0.15, 0.2) is 0 Å². The molecule has 0 bridgehead atoms. The third kappa shape index (κ3) is 3.91. The minimum atomic E-state index is -0.828. The Morgan fingerprint density at radius 2 is 2.07 bits per heavy atom. The van der Waals surface area contributed by atoms with Gasteiger partial charge in [-0.1, -0.05) is 6.92 Å². The molecule has 0 aliphatic carbocycles. The molecule has 5 heteroatoms. The van der Waals surface area contributed by atoms with Crippen LogP contribution in [0.4, 0.5) is 0 Å². The van der Waals surface area contributed by atoms with Crippen LogP contribution in [0.2, 0.25) is 0 Å². The van der Waals surface area contributed by atoms with Crippen LogP contribution < -0.4 is 10.6 Å². The zero-order valence-electron chi connectivity index (χ0n) is 9.47. The van der Waals surface area contributed by atoms with Gasteiger partial charge in [-0.2, -0.15) is 0 Å². The van der Waals surface area contributed by atoms with Crippen molar-refractivity contribution in [3.63, 3.8) is 0 Å². The van der Waals surface area contributed by atoms with Crippen molar-refractivity contribution in [3.8, 4) is 0 Å². The predicted octanol–water partition coefficient (Wildman–Crippen LogP) is -0.129. The Hall–Kier alpha value is -0.420. The molecule has 1 aliphatic rings. The first-order chi connectivity index (χ1) is 7.04. The highest BCUT2D eigenvalue weighted by atomic mass is 32.2. The predicted molar refractivity (Wildman–Crippen MR) is 62.2 cm³/mol. The van der Waals surface area contributed by atoms with Crippen LogP contribution >= 0.6 is 0 Å². The molecule has 0 radical (unpaired) electrons. The lowest BCUT2D eigenvalue weighted by Gasteiger charge is -2.32. The summed E-state index contributed by atoms with van der Waals surface area (Å²) in [5.74, 6) is 0.648. The second kappa shape index (κ2) is 5.61. The van der Waals surface area contributed by atoms with Crippen LogP contribution in [0.1, 0.15) is 19.8 Å². The number of amides is 1. The first-order valence-electron chi connectivity index (χ1n) is 5.34. The number of hydrogen-bond acceptors (Lipinski definition) is 3. The fraction of sp³-hybridized carbons (Fsp3) is 0.900. The SMILES string of the molecule is CS(=O)CCNC(=O)C1(C)CCNCC1. The van der Waals surface area contributed by atoms with Gasteiger partial charge in [-0.25, -0.2) is 0 Å². The number of rotatable bonds is 4. The summed E-state index contributed by atoms with van der Waals surface area (Å²) in [6, 6.07) is 0. The van der Waals surface area contributed by atoms with Crippen molar-refractivity contribution in [1.29, 1.82) is 0 Å². The van der Waals surface area contributed by atoms with Crippen LogP contribution in [-0.2, 0) is 15.6 Å². The largest absolute Gasteiger partial charge is 0.355 e. The normalized spacial score (nSPS) is 22.0. The van der Waals surface area contributed by atoms with E-state index in [-0.39, 0.29) is 11.3 Å². The maximum atomic E-state index is 11.9. The standard InChI is InChI=1S/C10H20N2O2S/c1-10(3-5-11-6-4-10)9(13)12-7-8-15(2)14/h11H,3-8H2,1-2H3,(H,12,13). The van der Waals surface area contributed by atoms with E-state index < -0.39 is 10.8 Å². The molecule has 1 atom stereocenters. The zero-order valence-corrected chi connectivity index (χ0v) is 10.3. The second-order valence-corrected chi connectivity index (χ2v) is 5.90. The molecule has 1 saturated heterocycles. The highest BCUT2D eigenvalue weighted by Crippen LogP contribution is 2.27. The number of nitrogens with one attached hydrogen (secondary N) is 2. The number of carbonyl (C=O) groups is 1. The van der Waals surface area contributed by atoms with Crippen LogP contribution in [0.5, 0.6) is 0 Å². The topological polar surface area (TPSA) is 58.2 Å². The Morgan fingerprint density at radius 3 is 2.60 bits per heavy atom. The van der Waals surface area contributed by atoms with Gasteiger partial charge < -0.3 is 10.6 Å². The Bertz CT molecular complexity index is 250. The summed E-state index contributed by atoms with van der Waals surface area (Å²) < 4.78 is 10.8. The molecule has 1 amide bonds. The molecule has 15 heavy (non-hydrogen) atoms. The molecule has 0 aromatic rings. The Kier molecular flexibility index (Phi) is 4.73. The number of hydrogen-bond donors (Lipinski definition) is 2. The summed E-state index contributed by atoms with van der Waals surface area (Å²) in [6.45, 7) is 4.34. The smallest absolute Gasteiger partial charge is 0.226 e. The molecule has 1 heterocycles. The molecule has 1 unspecified atom stereocenters. The fourth-order valence-corrected chi connectivity index (χ4v) is 2.12. The van der Waals surface area contributed by atoms with Gasteiger partial charge in [-0.15, -0.1) is 0 Å². The van der Waals surface area contributed by atoms with Crippen LogP contribution in [0.3, 0.4) is 0 Å². The van der Waals surface area contributed by atoms with Crippen molar-refractivity contribution in [2.75, 3.05) is 31.6 Å². The monoisotopic (exact) mass is 232 g/mol. The minimum Gasteiger partial charge on any atom is -0.355 e. The van der Waals surface area contributed by atoms with E-state index in [1.54, 1.807) is 6.26 Å². The zero-order chi connectivity index (χ0) is 11.3. The molecule has 1 fully saturated rings. The first-order valence-corrected chi connectivity index (χ1v) is 7.06. The molecule has 4 nitrogen and oxygen atoms in total. The van der Waals surface area contributed by atoms with Gasteiger partial charge in [-0.05, 0) is 25.9 Å². The van der Waals surface area contributed by atoms with E-state index in [9.17, 15) is 9.00 Å². The van der Waals surface area contributed by atoms with Gasteiger partial charge in [0.25, 0.3) is 0 Å². The Balaban J connectivity index is 2.34. The van der Waals surface area contributed by atoms with Gasteiger partial charge in [-0.3, -0.25) is 9.00 Å². The third-order valence-corrected chi connectivity index (χ3v) is 3.71. The van der Waals surface area contributed by atoms with Gasteiger partial charge in [0.1, 0.15) is 0 Å². The van der Waals surface area contributed by atoms with E-state index >= 15 is 0 Å². The van der Waals surface area contributed by atoms with E-state index in [1.807, 2.05) is 6.92 Å². The summed E-state index contributed by atoms with van der Waals surface area (Å²) >= 11 is 0.